The molecule has 0 radical (unpaired) electrons. The zero-order valence-corrected chi connectivity index (χ0v) is 15.5. The lowest BCUT2D eigenvalue weighted by Gasteiger charge is -2.33. The maximum absolute atomic E-state index is 12.4. The summed E-state index contributed by atoms with van der Waals surface area (Å²) in [5, 5.41) is 6.22. The molecule has 0 unspecified atom stereocenters. The van der Waals surface area contributed by atoms with Crippen LogP contribution in [0.25, 0.3) is 0 Å². The molecule has 5 nitrogen and oxygen atoms in total. The van der Waals surface area contributed by atoms with E-state index in [0.717, 1.165) is 56.8 Å². The first kappa shape index (κ1) is 18.2. The molecule has 2 N–H and O–H groups in total. The number of benzene rings is 1. The summed E-state index contributed by atoms with van der Waals surface area (Å²) in [4.78, 5) is 14.9. The summed E-state index contributed by atoms with van der Waals surface area (Å²) < 4.78 is 5.73. The molecule has 0 spiro atoms. The first-order valence-corrected chi connectivity index (χ1v) is 9.65. The van der Waals surface area contributed by atoms with Crippen LogP contribution in [0, 0.1) is 6.92 Å². The van der Waals surface area contributed by atoms with E-state index in [9.17, 15) is 4.79 Å². The van der Waals surface area contributed by atoms with E-state index >= 15 is 0 Å². The summed E-state index contributed by atoms with van der Waals surface area (Å²) in [6.07, 6.45) is 5.74. The second-order valence-electron chi connectivity index (χ2n) is 7.27. The number of likely N-dealkylation sites (tertiary alicyclic amines) is 1. The first-order chi connectivity index (χ1) is 12.2. The van der Waals surface area contributed by atoms with Gasteiger partial charge in [-0.2, -0.15) is 0 Å². The van der Waals surface area contributed by atoms with Crippen molar-refractivity contribution in [3.05, 3.63) is 29.3 Å². The van der Waals surface area contributed by atoms with E-state index in [-0.39, 0.29) is 12.1 Å². The fraction of sp³-hybridized carbons (Fsp3) is 0.650. The van der Waals surface area contributed by atoms with Gasteiger partial charge in [-0.3, -0.25) is 0 Å². The van der Waals surface area contributed by atoms with Gasteiger partial charge in [0.2, 0.25) is 0 Å². The number of carbonyl (C=O) groups excluding carboxylic acids is 1. The Morgan fingerprint density at radius 2 is 2.08 bits per heavy atom. The molecule has 2 heterocycles. The molecule has 1 atom stereocenters. The largest absolute Gasteiger partial charge is 0.377 e. The topological polar surface area (TPSA) is 53.6 Å². The van der Waals surface area contributed by atoms with Gasteiger partial charge < -0.3 is 20.3 Å². The number of carbonyl (C=O) groups is 1. The van der Waals surface area contributed by atoms with Gasteiger partial charge in [-0.1, -0.05) is 25.1 Å². The molecule has 5 heteroatoms. The standard InChI is InChI=1S/C20H31N3O2/c1-3-16-7-4-6-15(2)19(16)22-20(24)21-17-9-11-23(12-10-17)14-18-8-5-13-25-18/h4,6-7,17-18H,3,5,8-14H2,1-2H3,(H2,21,22,24)/t18-/m0/s1. The highest BCUT2D eigenvalue weighted by Gasteiger charge is 2.24. The summed E-state index contributed by atoms with van der Waals surface area (Å²) in [5.74, 6) is 0. The second-order valence-corrected chi connectivity index (χ2v) is 7.27. The van der Waals surface area contributed by atoms with Crippen molar-refractivity contribution >= 4 is 11.7 Å². The fourth-order valence-corrected chi connectivity index (χ4v) is 3.87. The predicted molar refractivity (Wildman–Crippen MR) is 101 cm³/mol. The monoisotopic (exact) mass is 345 g/mol. The van der Waals surface area contributed by atoms with Crippen LogP contribution in [0.2, 0.25) is 0 Å². The average Bonchev–Trinajstić information content (AvgIpc) is 3.11. The number of urea groups is 1. The van der Waals surface area contributed by atoms with E-state index in [2.05, 4.69) is 28.5 Å². The quantitative estimate of drug-likeness (QED) is 0.861. The number of amides is 2. The summed E-state index contributed by atoms with van der Waals surface area (Å²) in [7, 11) is 0. The second kappa shape index (κ2) is 8.68. The van der Waals surface area contributed by atoms with E-state index in [1.807, 2.05) is 19.1 Å². The van der Waals surface area contributed by atoms with Crippen molar-refractivity contribution in [2.75, 3.05) is 31.6 Å². The smallest absolute Gasteiger partial charge is 0.319 e. The molecule has 3 rings (SSSR count). The lowest BCUT2D eigenvalue weighted by molar-refractivity contribution is 0.0633. The molecule has 0 bridgehead atoms. The molecule has 0 aliphatic carbocycles. The van der Waals surface area contributed by atoms with E-state index in [0.29, 0.717) is 6.10 Å². The number of piperidine rings is 1. The van der Waals surface area contributed by atoms with E-state index in [4.69, 9.17) is 4.74 Å². The molecule has 2 aliphatic heterocycles. The van der Waals surface area contributed by atoms with Gasteiger partial charge in [-0.25, -0.2) is 4.79 Å². The highest BCUT2D eigenvalue weighted by molar-refractivity contribution is 5.91. The molecule has 138 valence electrons. The van der Waals surface area contributed by atoms with Gasteiger partial charge in [-0.05, 0) is 50.2 Å². The molecular weight excluding hydrogens is 314 g/mol. The van der Waals surface area contributed by atoms with Gasteiger partial charge in [0.05, 0.1) is 6.10 Å². The van der Waals surface area contributed by atoms with Crippen LogP contribution in [-0.2, 0) is 11.2 Å². The summed E-state index contributed by atoms with van der Waals surface area (Å²) in [6.45, 7) is 8.19. The predicted octanol–water partition coefficient (Wildman–Crippen LogP) is 3.32. The third kappa shape index (κ3) is 4.95. The number of hydrogen-bond donors (Lipinski definition) is 2. The Kier molecular flexibility index (Phi) is 6.32. The average molecular weight is 345 g/mol. The van der Waals surface area contributed by atoms with Crippen LogP contribution < -0.4 is 10.6 Å². The lowest BCUT2D eigenvalue weighted by Crippen LogP contribution is -2.47. The minimum absolute atomic E-state index is 0.0819. The molecule has 25 heavy (non-hydrogen) atoms. The van der Waals surface area contributed by atoms with Gasteiger partial charge in [-0.15, -0.1) is 0 Å². The number of rotatable bonds is 5. The van der Waals surface area contributed by atoms with Crippen molar-refractivity contribution in [3.8, 4) is 0 Å². The molecule has 2 saturated heterocycles. The van der Waals surface area contributed by atoms with Crippen molar-refractivity contribution < 1.29 is 9.53 Å². The van der Waals surface area contributed by atoms with Crippen LogP contribution in [0.15, 0.2) is 18.2 Å². The van der Waals surface area contributed by atoms with Crippen LogP contribution in [0.4, 0.5) is 10.5 Å². The number of aryl methyl sites for hydroxylation is 2. The SMILES string of the molecule is CCc1cccc(C)c1NC(=O)NC1CCN(C[C@@H]2CCCO2)CC1. The summed E-state index contributed by atoms with van der Waals surface area (Å²) in [6, 6.07) is 6.34. The van der Waals surface area contributed by atoms with Crippen LogP contribution in [0.3, 0.4) is 0 Å². The molecule has 0 saturated carbocycles. The molecular formula is C20H31N3O2. The molecule has 2 aliphatic rings. The summed E-state index contributed by atoms with van der Waals surface area (Å²) >= 11 is 0. The van der Waals surface area contributed by atoms with Crippen molar-refractivity contribution in [1.82, 2.24) is 10.2 Å². The van der Waals surface area contributed by atoms with Crippen molar-refractivity contribution in [2.24, 2.45) is 0 Å². The van der Waals surface area contributed by atoms with Crippen LogP contribution in [0.1, 0.15) is 43.7 Å². The maximum atomic E-state index is 12.4. The Hall–Kier alpha value is -1.59. The van der Waals surface area contributed by atoms with E-state index in [1.165, 1.54) is 18.4 Å². The third-order valence-electron chi connectivity index (χ3n) is 5.39. The van der Waals surface area contributed by atoms with E-state index < -0.39 is 0 Å². The molecule has 2 fully saturated rings. The lowest BCUT2D eigenvalue weighted by atomic mass is 10.0. The maximum Gasteiger partial charge on any atom is 0.319 e. The fourth-order valence-electron chi connectivity index (χ4n) is 3.87. The van der Waals surface area contributed by atoms with Gasteiger partial charge in [0, 0.05) is 38.0 Å². The number of nitrogens with zero attached hydrogens (tertiary/aromatic N) is 1. The van der Waals surface area contributed by atoms with E-state index in [1.54, 1.807) is 0 Å². The Morgan fingerprint density at radius 3 is 2.76 bits per heavy atom. The number of nitrogens with one attached hydrogen (secondary N) is 2. The number of hydrogen-bond acceptors (Lipinski definition) is 3. The number of para-hydroxylation sites is 1. The van der Waals surface area contributed by atoms with Crippen LogP contribution in [-0.4, -0.2) is 49.3 Å². The minimum atomic E-state index is -0.0819. The van der Waals surface area contributed by atoms with Gasteiger partial charge in [0.1, 0.15) is 0 Å². The van der Waals surface area contributed by atoms with Crippen LogP contribution in [0.5, 0.6) is 0 Å². The molecule has 0 aromatic heterocycles. The Morgan fingerprint density at radius 1 is 1.28 bits per heavy atom. The number of ether oxygens (including phenoxy) is 1. The molecule has 2 amide bonds. The first-order valence-electron chi connectivity index (χ1n) is 9.65. The van der Waals surface area contributed by atoms with Crippen molar-refractivity contribution in [3.63, 3.8) is 0 Å². The van der Waals surface area contributed by atoms with Crippen molar-refractivity contribution in [2.45, 2.75) is 58.1 Å². The normalized spacial score (nSPS) is 22.1. The Labute approximate surface area is 151 Å². The number of anilines is 1. The highest BCUT2D eigenvalue weighted by Crippen LogP contribution is 2.21. The van der Waals surface area contributed by atoms with Gasteiger partial charge in [0.15, 0.2) is 0 Å². The van der Waals surface area contributed by atoms with Gasteiger partial charge in [0.25, 0.3) is 0 Å². The third-order valence-corrected chi connectivity index (χ3v) is 5.39. The highest BCUT2D eigenvalue weighted by atomic mass is 16.5. The van der Waals surface area contributed by atoms with Crippen LogP contribution >= 0.6 is 0 Å². The minimum Gasteiger partial charge on any atom is -0.377 e. The van der Waals surface area contributed by atoms with Gasteiger partial charge >= 0.3 is 6.03 Å². The Balaban J connectivity index is 1.45. The molecule has 1 aromatic rings. The molecule has 1 aromatic carbocycles. The zero-order valence-electron chi connectivity index (χ0n) is 15.5. The Bertz CT molecular complexity index is 576. The van der Waals surface area contributed by atoms with Crippen molar-refractivity contribution in [1.29, 1.82) is 0 Å². The summed E-state index contributed by atoms with van der Waals surface area (Å²) in [5.41, 5.74) is 3.25. The zero-order chi connectivity index (χ0) is 17.6.